The van der Waals surface area contributed by atoms with Gasteiger partial charge in [-0.3, -0.25) is 0 Å². The molecule has 0 bridgehead atoms. The van der Waals surface area contributed by atoms with Gasteiger partial charge in [0.15, 0.2) is 0 Å². The van der Waals surface area contributed by atoms with E-state index in [2.05, 4.69) is 138 Å². The van der Waals surface area contributed by atoms with Crippen LogP contribution in [0.15, 0.2) is 54.6 Å². The molecule has 0 aromatic heterocycles. The summed E-state index contributed by atoms with van der Waals surface area (Å²) in [5.41, 5.74) is 8.76. The molecule has 0 saturated carbocycles. The Morgan fingerprint density at radius 3 is 0.853 bits per heavy atom. The first-order valence-corrected chi connectivity index (χ1v) is 14.0. The van der Waals surface area contributed by atoms with Crippen molar-refractivity contribution in [3.8, 4) is 0 Å². The van der Waals surface area contributed by atoms with E-state index in [1.165, 1.54) is 49.3 Å². The molecule has 3 rings (SSSR count). The van der Waals surface area contributed by atoms with Crippen molar-refractivity contribution in [2.45, 2.75) is 99.3 Å². The van der Waals surface area contributed by atoms with Crippen LogP contribution < -0.4 is 15.9 Å². The summed E-state index contributed by atoms with van der Waals surface area (Å²) in [6.07, 6.45) is 0. The molecule has 0 saturated heterocycles. The van der Waals surface area contributed by atoms with Crippen LogP contribution in [0.5, 0.6) is 0 Å². The van der Waals surface area contributed by atoms with Crippen molar-refractivity contribution in [3.05, 3.63) is 88.0 Å². The average molecular weight is 473 g/mol. The summed E-state index contributed by atoms with van der Waals surface area (Å²) in [6, 6.07) is 21.5. The van der Waals surface area contributed by atoms with Crippen molar-refractivity contribution in [2.75, 3.05) is 0 Å². The number of aryl methyl sites for hydroxylation is 3. The maximum absolute atomic E-state index is 2.51. The van der Waals surface area contributed by atoms with E-state index < -0.39 is 7.92 Å². The molecule has 0 aliphatic heterocycles. The zero-order valence-corrected chi connectivity index (χ0v) is 24.5. The summed E-state index contributed by atoms with van der Waals surface area (Å²) in [7, 11) is -0.699. The number of hydrogen-bond donors (Lipinski definition) is 0. The summed E-state index contributed by atoms with van der Waals surface area (Å²) in [4.78, 5) is 0. The fourth-order valence-corrected chi connectivity index (χ4v) is 7.20. The summed E-state index contributed by atoms with van der Waals surface area (Å²) in [5, 5.41) is 4.47. The molecule has 1 heteroatoms. The third kappa shape index (κ3) is 5.66. The van der Waals surface area contributed by atoms with Crippen molar-refractivity contribution in [2.24, 2.45) is 0 Å². The lowest BCUT2D eigenvalue weighted by Gasteiger charge is -2.30. The van der Waals surface area contributed by atoms with E-state index in [4.69, 9.17) is 0 Å². The third-order valence-corrected chi connectivity index (χ3v) is 9.84. The largest absolute Gasteiger partial charge is 0.0584 e. The molecule has 0 atom stereocenters. The van der Waals surface area contributed by atoms with Crippen LogP contribution in [0.4, 0.5) is 0 Å². The van der Waals surface area contributed by atoms with Gasteiger partial charge in [0.05, 0.1) is 0 Å². The van der Waals surface area contributed by atoms with Crippen molar-refractivity contribution >= 4 is 23.8 Å². The highest BCUT2D eigenvalue weighted by Gasteiger charge is 2.27. The lowest BCUT2D eigenvalue weighted by Crippen LogP contribution is -2.29. The molecule has 0 spiro atoms. The number of hydrogen-bond acceptors (Lipinski definition) is 0. The highest BCUT2D eigenvalue weighted by atomic mass is 31.1. The molecule has 34 heavy (non-hydrogen) atoms. The molecule has 0 radical (unpaired) electrons. The Balaban J connectivity index is 2.41. The Hall–Kier alpha value is -1.91. The van der Waals surface area contributed by atoms with Gasteiger partial charge in [0.2, 0.25) is 0 Å². The van der Waals surface area contributed by atoms with Crippen LogP contribution >= 0.6 is 7.92 Å². The van der Waals surface area contributed by atoms with E-state index in [1.54, 1.807) is 0 Å². The van der Waals surface area contributed by atoms with Crippen LogP contribution in [0, 0.1) is 20.8 Å². The first-order chi connectivity index (χ1) is 15.5. The third-order valence-electron chi connectivity index (χ3n) is 6.95. The average Bonchev–Trinajstić information content (AvgIpc) is 2.69. The molecule has 182 valence electrons. The molecule has 3 aromatic carbocycles. The molecule has 0 nitrogen and oxygen atoms in total. The Kier molecular flexibility index (Phi) is 7.28. The molecule has 0 N–H and O–H groups in total. The van der Waals surface area contributed by atoms with Gasteiger partial charge < -0.3 is 0 Å². The number of benzene rings is 3. The summed E-state index contributed by atoms with van der Waals surface area (Å²) in [5.74, 6) is 0. The zero-order chi connectivity index (χ0) is 25.6. The summed E-state index contributed by atoms with van der Waals surface area (Å²) in [6.45, 7) is 27.8. The molecular weight excluding hydrogens is 427 g/mol. The van der Waals surface area contributed by atoms with Gasteiger partial charge in [0, 0.05) is 0 Å². The highest BCUT2D eigenvalue weighted by molar-refractivity contribution is 7.80. The lowest BCUT2D eigenvalue weighted by molar-refractivity contribution is 0.590. The second-order valence-corrected chi connectivity index (χ2v) is 15.2. The molecule has 0 amide bonds. The van der Waals surface area contributed by atoms with Gasteiger partial charge in [0.25, 0.3) is 0 Å². The standard InChI is InChI=1S/C33H45P/c1-22-13-16-25(31(4,5)6)19-28(22)34(29-20-26(32(7,8)9)17-14-23(29)2)30-21-27(33(10,11)12)18-15-24(30)3/h13-21H,1-12H3. The predicted octanol–water partition coefficient (Wildman–Crippen LogP) is 8.26. The molecule has 0 aliphatic carbocycles. The van der Waals surface area contributed by atoms with Crippen molar-refractivity contribution in [1.82, 2.24) is 0 Å². The normalized spacial score (nSPS) is 13.0. The lowest BCUT2D eigenvalue weighted by atomic mass is 9.86. The first kappa shape index (κ1) is 26.7. The van der Waals surface area contributed by atoms with E-state index >= 15 is 0 Å². The van der Waals surface area contributed by atoms with E-state index in [0.29, 0.717) is 0 Å². The van der Waals surface area contributed by atoms with E-state index in [0.717, 1.165) is 0 Å². The monoisotopic (exact) mass is 472 g/mol. The minimum Gasteiger partial charge on any atom is -0.0584 e. The first-order valence-electron chi connectivity index (χ1n) is 12.6. The van der Waals surface area contributed by atoms with E-state index in [-0.39, 0.29) is 16.2 Å². The zero-order valence-electron chi connectivity index (χ0n) is 23.6. The smallest absolute Gasteiger partial charge is 0.0119 e. The molecule has 3 aromatic rings. The predicted molar refractivity (Wildman–Crippen MR) is 155 cm³/mol. The molecule has 0 unspecified atom stereocenters. The van der Waals surface area contributed by atoms with Crippen LogP contribution in [0.3, 0.4) is 0 Å². The van der Waals surface area contributed by atoms with Crippen LogP contribution in [0.2, 0.25) is 0 Å². The highest BCUT2D eigenvalue weighted by Crippen LogP contribution is 2.40. The van der Waals surface area contributed by atoms with Crippen LogP contribution in [0.25, 0.3) is 0 Å². The van der Waals surface area contributed by atoms with Gasteiger partial charge >= 0.3 is 0 Å². The van der Waals surface area contributed by atoms with Crippen LogP contribution in [-0.4, -0.2) is 0 Å². The summed E-state index contributed by atoms with van der Waals surface area (Å²) < 4.78 is 0. The minimum absolute atomic E-state index is 0.119. The van der Waals surface area contributed by atoms with Crippen molar-refractivity contribution in [3.63, 3.8) is 0 Å². The molecule has 0 heterocycles. The van der Waals surface area contributed by atoms with E-state index in [1.807, 2.05) is 0 Å². The van der Waals surface area contributed by atoms with Gasteiger partial charge in [-0.25, -0.2) is 0 Å². The second-order valence-electron chi connectivity index (χ2n) is 13.1. The van der Waals surface area contributed by atoms with Gasteiger partial charge in [-0.15, -0.1) is 0 Å². The maximum Gasteiger partial charge on any atom is -0.0119 e. The topological polar surface area (TPSA) is 0 Å². The van der Waals surface area contributed by atoms with Gasteiger partial charge in [-0.05, 0) is 112 Å². The summed E-state index contributed by atoms with van der Waals surface area (Å²) >= 11 is 0. The van der Waals surface area contributed by atoms with E-state index in [9.17, 15) is 0 Å². The Morgan fingerprint density at radius 1 is 0.412 bits per heavy atom. The maximum atomic E-state index is 2.51. The molecule has 0 fully saturated rings. The SMILES string of the molecule is Cc1ccc(C(C)(C)C)cc1P(c1cc(C(C)(C)C)ccc1C)c1cc(C(C)(C)C)ccc1C. The van der Waals surface area contributed by atoms with Crippen LogP contribution in [-0.2, 0) is 16.2 Å². The van der Waals surface area contributed by atoms with Gasteiger partial charge in [-0.2, -0.15) is 0 Å². The molecular formula is C33H45P. The van der Waals surface area contributed by atoms with Crippen molar-refractivity contribution < 1.29 is 0 Å². The van der Waals surface area contributed by atoms with Gasteiger partial charge in [-0.1, -0.05) is 98.7 Å². The fraction of sp³-hybridized carbons (Fsp3) is 0.455. The Bertz CT molecular complexity index is 1030. The Labute approximate surface area is 211 Å². The quantitative estimate of drug-likeness (QED) is 0.337. The fourth-order valence-electron chi connectivity index (χ4n) is 4.34. The number of rotatable bonds is 3. The minimum atomic E-state index is -0.699. The van der Waals surface area contributed by atoms with Crippen molar-refractivity contribution in [1.29, 1.82) is 0 Å². The molecule has 0 aliphatic rings. The second kappa shape index (κ2) is 9.28. The van der Waals surface area contributed by atoms with Crippen LogP contribution in [0.1, 0.15) is 95.7 Å². The van der Waals surface area contributed by atoms with Gasteiger partial charge in [0.1, 0.15) is 0 Å². The Morgan fingerprint density at radius 2 is 0.647 bits per heavy atom.